The van der Waals surface area contributed by atoms with Crippen molar-refractivity contribution in [2.24, 2.45) is 0 Å². The maximum Gasteiger partial charge on any atom is 0.00637 e. The molecule has 1 heteroatoms. The quantitative estimate of drug-likeness (QED) is 0.361. The van der Waals surface area contributed by atoms with Gasteiger partial charge in [0.15, 0.2) is 0 Å². The van der Waals surface area contributed by atoms with Gasteiger partial charge in [-0.1, -0.05) is 90.0 Å². The third-order valence-electron chi connectivity index (χ3n) is 3.14. The molecule has 0 rings (SSSR count). The summed E-state index contributed by atoms with van der Waals surface area (Å²) in [5.41, 5.74) is 1.04. The highest BCUT2D eigenvalue weighted by atomic mass is 28.1. The maximum absolute atomic E-state index is 2.39. The van der Waals surface area contributed by atoms with Gasteiger partial charge in [0.2, 0.25) is 0 Å². The molecule has 0 saturated carbocycles. The molecule has 0 aromatic rings. The summed E-state index contributed by atoms with van der Waals surface area (Å²) in [6.45, 7) is 4.68. The number of unbranched alkanes of at least 4 members (excludes halogenated alkanes) is 9. The third kappa shape index (κ3) is 14.2. The largest absolute Gasteiger partial charge is 0.0658 e. The van der Waals surface area contributed by atoms with Crippen LogP contribution in [-0.4, -0.2) is 10.2 Å². The van der Waals surface area contributed by atoms with E-state index in [4.69, 9.17) is 0 Å². The van der Waals surface area contributed by atoms with E-state index in [1.807, 2.05) is 0 Å². The van der Waals surface area contributed by atoms with Gasteiger partial charge in [0.05, 0.1) is 0 Å². The van der Waals surface area contributed by atoms with E-state index in [1.165, 1.54) is 80.9 Å². The Hall–Kier alpha value is 0.217. The Kier molecular flexibility index (Phi) is 12.5. The number of hydrogen-bond donors (Lipinski definition) is 0. The lowest BCUT2D eigenvalue weighted by atomic mass is 10.1. The molecule has 0 aliphatic heterocycles. The van der Waals surface area contributed by atoms with Crippen LogP contribution in [0.4, 0.5) is 0 Å². The second-order valence-electron chi connectivity index (χ2n) is 5.36. The Morgan fingerprint density at radius 2 is 1.13 bits per heavy atom. The Morgan fingerprint density at radius 3 is 1.53 bits per heavy atom. The van der Waals surface area contributed by atoms with Gasteiger partial charge < -0.3 is 0 Å². The monoisotopic (exact) mass is 228 g/mol. The number of rotatable bonds is 11. The van der Waals surface area contributed by atoms with Gasteiger partial charge in [-0.3, -0.25) is 0 Å². The van der Waals surface area contributed by atoms with E-state index in [0.717, 1.165) is 5.54 Å². The summed E-state index contributed by atoms with van der Waals surface area (Å²) in [5.74, 6) is 0. The molecule has 0 aliphatic rings. The van der Waals surface area contributed by atoms with Crippen molar-refractivity contribution in [1.29, 1.82) is 0 Å². The van der Waals surface area contributed by atoms with Gasteiger partial charge in [0, 0.05) is 10.2 Å². The minimum Gasteiger partial charge on any atom is -0.0658 e. The van der Waals surface area contributed by atoms with Crippen LogP contribution in [0.5, 0.6) is 0 Å². The third-order valence-corrected chi connectivity index (χ3v) is 3.71. The summed E-state index contributed by atoms with van der Waals surface area (Å²) in [5, 5.41) is 0. The van der Waals surface area contributed by atoms with Gasteiger partial charge in [0.1, 0.15) is 0 Å². The van der Waals surface area contributed by atoms with Crippen molar-refractivity contribution in [3.05, 3.63) is 0 Å². The molecule has 0 N–H and O–H groups in total. The van der Waals surface area contributed by atoms with Gasteiger partial charge in [-0.2, -0.15) is 0 Å². The van der Waals surface area contributed by atoms with Crippen molar-refractivity contribution in [2.75, 3.05) is 0 Å². The van der Waals surface area contributed by atoms with Gasteiger partial charge in [-0.05, 0) is 0 Å². The first-order valence-electron chi connectivity index (χ1n) is 7.27. The van der Waals surface area contributed by atoms with Crippen LogP contribution < -0.4 is 0 Å². The smallest absolute Gasteiger partial charge is 0.00637 e. The zero-order chi connectivity index (χ0) is 11.4. The van der Waals surface area contributed by atoms with Crippen molar-refractivity contribution in [2.45, 2.75) is 90.0 Å². The van der Waals surface area contributed by atoms with E-state index in [-0.39, 0.29) is 0 Å². The van der Waals surface area contributed by atoms with Crippen molar-refractivity contribution >= 4 is 10.2 Å². The molecule has 0 saturated heterocycles. The lowest BCUT2D eigenvalue weighted by Gasteiger charge is -2.04. The standard InChI is InChI=1S/C14H32Si/c1-3-4-5-6-7-8-9-10-11-12-13-14(2)15/h14H,3-13H2,1-2,15H3. The summed E-state index contributed by atoms with van der Waals surface area (Å²) < 4.78 is 0. The fourth-order valence-corrected chi connectivity index (χ4v) is 2.45. The van der Waals surface area contributed by atoms with Gasteiger partial charge in [-0.25, -0.2) is 0 Å². The van der Waals surface area contributed by atoms with Crippen molar-refractivity contribution in [1.82, 2.24) is 0 Å². The van der Waals surface area contributed by atoms with Crippen LogP contribution in [0.2, 0.25) is 5.54 Å². The molecule has 0 spiro atoms. The summed E-state index contributed by atoms with van der Waals surface area (Å²) >= 11 is 0. The van der Waals surface area contributed by atoms with Crippen molar-refractivity contribution in [3.8, 4) is 0 Å². The van der Waals surface area contributed by atoms with Gasteiger partial charge in [0.25, 0.3) is 0 Å². The van der Waals surface area contributed by atoms with E-state index in [2.05, 4.69) is 13.8 Å². The van der Waals surface area contributed by atoms with E-state index >= 15 is 0 Å². The molecule has 0 aromatic heterocycles. The molecule has 92 valence electrons. The van der Waals surface area contributed by atoms with Crippen LogP contribution >= 0.6 is 0 Å². The summed E-state index contributed by atoms with van der Waals surface area (Å²) in [4.78, 5) is 0. The van der Waals surface area contributed by atoms with Gasteiger partial charge >= 0.3 is 0 Å². The lowest BCUT2D eigenvalue weighted by molar-refractivity contribution is 0.548. The van der Waals surface area contributed by atoms with E-state index in [1.54, 1.807) is 0 Å². The molecular weight excluding hydrogens is 196 g/mol. The molecule has 0 heterocycles. The predicted octanol–water partition coefficient (Wildman–Crippen LogP) is 4.47. The van der Waals surface area contributed by atoms with Crippen molar-refractivity contribution in [3.63, 3.8) is 0 Å². The number of hydrogen-bond acceptors (Lipinski definition) is 0. The highest BCUT2D eigenvalue weighted by Crippen LogP contribution is 2.14. The molecule has 0 bridgehead atoms. The van der Waals surface area contributed by atoms with Crippen LogP contribution in [0.1, 0.15) is 84.5 Å². The Labute approximate surface area is 101 Å². The second-order valence-corrected chi connectivity index (χ2v) is 7.34. The molecule has 0 fully saturated rings. The Bertz CT molecular complexity index is 110. The average molecular weight is 228 g/mol. The Morgan fingerprint density at radius 1 is 0.733 bits per heavy atom. The normalized spacial score (nSPS) is 13.2. The summed E-state index contributed by atoms with van der Waals surface area (Å²) in [6, 6.07) is 0. The van der Waals surface area contributed by atoms with Crippen LogP contribution in [0, 0.1) is 0 Å². The zero-order valence-electron chi connectivity index (χ0n) is 11.4. The van der Waals surface area contributed by atoms with E-state index in [9.17, 15) is 0 Å². The van der Waals surface area contributed by atoms with Crippen molar-refractivity contribution < 1.29 is 0 Å². The Balaban J connectivity index is 2.87. The minimum absolute atomic E-state index is 1.04. The predicted molar refractivity (Wildman–Crippen MR) is 75.8 cm³/mol. The lowest BCUT2D eigenvalue weighted by Crippen LogP contribution is -1.86. The highest BCUT2D eigenvalue weighted by molar-refractivity contribution is 6.11. The second kappa shape index (κ2) is 12.3. The molecule has 1 unspecified atom stereocenters. The molecule has 0 aromatic carbocycles. The first-order valence-corrected chi connectivity index (χ1v) is 8.42. The highest BCUT2D eigenvalue weighted by Gasteiger charge is 1.94. The van der Waals surface area contributed by atoms with Crippen LogP contribution in [0.15, 0.2) is 0 Å². The first kappa shape index (κ1) is 15.2. The zero-order valence-corrected chi connectivity index (χ0v) is 13.4. The molecular formula is C14H32Si. The molecule has 0 amide bonds. The first-order chi connectivity index (χ1) is 7.27. The molecule has 0 nitrogen and oxygen atoms in total. The van der Waals surface area contributed by atoms with E-state index in [0.29, 0.717) is 0 Å². The molecule has 1 atom stereocenters. The van der Waals surface area contributed by atoms with Gasteiger partial charge in [-0.15, -0.1) is 0 Å². The van der Waals surface area contributed by atoms with Crippen LogP contribution in [0.3, 0.4) is 0 Å². The average Bonchev–Trinajstić information content (AvgIpc) is 2.20. The molecule has 0 aliphatic carbocycles. The fraction of sp³-hybridized carbons (Fsp3) is 1.00. The van der Waals surface area contributed by atoms with E-state index < -0.39 is 0 Å². The SMILES string of the molecule is CCCCCCCCCCCCC(C)[SiH3]. The maximum atomic E-state index is 2.39. The molecule has 0 radical (unpaired) electrons. The van der Waals surface area contributed by atoms with Crippen LogP contribution in [-0.2, 0) is 0 Å². The summed E-state index contributed by atoms with van der Waals surface area (Å²) in [6.07, 6.45) is 16.2. The topological polar surface area (TPSA) is 0 Å². The molecule has 15 heavy (non-hydrogen) atoms. The fourth-order valence-electron chi connectivity index (χ4n) is 2.04. The van der Waals surface area contributed by atoms with Crippen LogP contribution in [0.25, 0.3) is 0 Å². The minimum atomic E-state index is 1.04. The summed E-state index contributed by atoms with van der Waals surface area (Å²) in [7, 11) is 1.39.